The molecule has 13 heavy (non-hydrogen) atoms. The molecule has 4 nitrogen and oxygen atoms in total. The van der Waals surface area contributed by atoms with Gasteiger partial charge in [0.25, 0.3) is 0 Å². The molecule has 74 valence electrons. The first kappa shape index (κ1) is 10.4. The Morgan fingerprint density at radius 3 is 2.92 bits per heavy atom. The van der Waals surface area contributed by atoms with Gasteiger partial charge >= 0.3 is 0 Å². The van der Waals surface area contributed by atoms with Gasteiger partial charge in [-0.3, -0.25) is 9.59 Å². The molecule has 1 aliphatic heterocycles. The Balaban J connectivity index is 2.32. The van der Waals surface area contributed by atoms with E-state index in [9.17, 15) is 9.59 Å². The van der Waals surface area contributed by atoms with Crippen molar-refractivity contribution in [2.75, 3.05) is 12.8 Å². The van der Waals surface area contributed by atoms with Gasteiger partial charge in [0.05, 0.1) is 11.3 Å². The maximum absolute atomic E-state index is 11.4. The Morgan fingerprint density at radius 2 is 2.46 bits per heavy atom. The number of carbonyl (C=O) groups excluding carboxylic acids is 2. The molecule has 1 saturated heterocycles. The first-order chi connectivity index (χ1) is 6.13. The van der Waals surface area contributed by atoms with Gasteiger partial charge in [-0.1, -0.05) is 0 Å². The van der Waals surface area contributed by atoms with Crippen LogP contribution in [0.5, 0.6) is 0 Å². The summed E-state index contributed by atoms with van der Waals surface area (Å²) in [4.78, 5) is 22.2. The standard InChI is InChI=1S/C8H14N2O2S/c1-5(13-2)8(12)10-6-3-7(11)9-4-6/h5-6H,3-4H2,1-2H3,(H,9,11)(H,10,12). The van der Waals surface area contributed by atoms with Gasteiger partial charge in [-0.05, 0) is 13.2 Å². The lowest BCUT2D eigenvalue weighted by Gasteiger charge is -2.13. The van der Waals surface area contributed by atoms with Crippen molar-refractivity contribution in [2.24, 2.45) is 0 Å². The summed E-state index contributed by atoms with van der Waals surface area (Å²) >= 11 is 1.50. The molecule has 1 aliphatic rings. The van der Waals surface area contributed by atoms with E-state index in [0.717, 1.165) is 0 Å². The molecule has 0 radical (unpaired) electrons. The van der Waals surface area contributed by atoms with Crippen LogP contribution in [0.15, 0.2) is 0 Å². The monoisotopic (exact) mass is 202 g/mol. The van der Waals surface area contributed by atoms with Crippen LogP contribution in [0.3, 0.4) is 0 Å². The molecule has 0 aliphatic carbocycles. The zero-order chi connectivity index (χ0) is 9.84. The molecule has 1 heterocycles. The van der Waals surface area contributed by atoms with Crippen molar-refractivity contribution < 1.29 is 9.59 Å². The SMILES string of the molecule is CSC(C)C(=O)NC1CNC(=O)C1. The highest BCUT2D eigenvalue weighted by atomic mass is 32.2. The van der Waals surface area contributed by atoms with E-state index in [1.807, 2.05) is 13.2 Å². The molecule has 2 unspecified atom stereocenters. The summed E-state index contributed by atoms with van der Waals surface area (Å²) < 4.78 is 0. The van der Waals surface area contributed by atoms with Gasteiger partial charge in [0.15, 0.2) is 0 Å². The Bertz CT molecular complexity index is 220. The minimum Gasteiger partial charge on any atom is -0.354 e. The molecule has 1 rings (SSSR count). The maximum Gasteiger partial charge on any atom is 0.233 e. The predicted octanol–water partition coefficient (Wildman–Crippen LogP) is -0.257. The fourth-order valence-corrected chi connectivity index (χ4v) is 1.41. The highest BCUT2D eigenvalue weighted by molar-refractivity contribution is 7.99. The summed E-state index contributed by atoms with van der Waals surface area (Å²) in [5.74, 6) is 0.0242. The van der Waals surface area contributed by atoms with Crippen molar-refractivity contribution in [2.45, 2.75) is 24.6 Å². The second kappa shape index (κ2) is 4.50. The average Bonchev–Trinajstić information content (AvgIpc) is 2.49. The second-order valence-corrected chi connectivity index (χ2v) is 4.27. The van der Waals surface area contributed by atoms with Crippen molar-refractivity contribution in [3.63, 3.8) is 0 Å². The van der Waals surface area contributed by atoms with Crippen LogP contribution in [0.2, 0.25) is 0 Å². The van der Waals surface area contributed by atoms with Crippen LogP contribution in [0, 0.1) is 0 Å². The smallest absolute Gasteiger partial charge is 0.233 e. The van der Waals surface area contributed by atoms with E-state index in [1.165, 1.54) is 11.8 Å². The first-order valence-corrected chi connectivity index (χ1v) is 5.52. The lowest BCUT2D eigenvalue weighted by Crippen LogP contribution is -2.40. The van der Waals surface area contributed by atoms with Gasteiger partial charge in [-0.2, -0.15) is 11.8 Å². The molecule has 2 amide bonds. The van der Waals surface area contributed by atoms with Gasteiger partial charge in [0.1, 0.15) is 0 Å². The van der Waals surface area contributed by atoms with Crippen LogP contribution < -0.4 is 10.6 Å². The van der Waals surface area contributed by atoms with Gasteiger partial charge in [-0.25, -0.2) is 0 Å². The zero-order valence-electron chi connectivity index (χ0n) is 7.79. The Morgan fingerprint density at radius 1 is 1.77 bits per heavy atom. The van der Waals surface area contributed by atoms with Crippen LogP contribution in [-0.4, -0.2) is 35.9 Å². The molecular formula is C8H14N2O2S. The molecular weight excluding hydrogens is 188 g/mol. The molecule has 5 heteroatoms. The number of carbonyl (C=O) groups is 2. The molecule has 0 bridgehead atoms. The Kier molecular flexibility index (Phi) is 3.59. The molecule has 2 N–H and O–H groups in total. The molecule has 1 fully saturated rings. The molecule has 0 spiro atoms. The van der Waals surface area contributed by atoms with E-state index < -0.39 is 0 Å². The number of hydrogen-bond acceptors (Lipinski definition) is 3. The number of amides is 2. The Hall–Kier alpha value is -0.710. The number of rotatable bonds is 3. The van der Waals surface area contributed by atoms with E-state index in [0.29, 0.717) is 13.0 Å². The van der Waals surface area contributed by atoms with E-state index in [2.05, 4.69) is 10.6 Å². The summed E-state index contributed by atoms with van der Waals surface area (Å²) in [5.41, 5.74) is 0. The van der Waals surface area contributed by atoms with Gasteiger partial charge in [0.2, 0.25) is 11.8 Å². The fraction of sp³-hybridized carbons (Fsp3) is 0.750. The molecule has 2 atom stereocenters. The van der Waals surface area contributed by atoms with Gasteiger partial charge < -0.3 is 10.6 Å². The third kappa shape index (κ3) is 2.91. The van der Waals surface area contributed by atoms with Crippen molar-refractivity contribution >= 4 is 23.6 Å². The third-order valence-electron chi connectivity index (χ3n) is 2.05. The molecule has 0 aromatic rings. The second-order valence-electron chi connectivity index (χ2n) is 3.09. The summed E-state index contributed by atoms with van der Waals surface area (Å²) in [6.45, 7) is 2.41. The first-order valence-electron chi connectivity index (χ1n) is 4.23. The van der Waals surface area contributed by atoms with Crippen LogP contribution in [0.4, 0.5) is 0 Å². The quantitative estimate of drug-likeness (QED) is 0.663. The fourth-order valence-electron chi connectivity index (χ4n) is 1.13. The molecule has 0 aromatic heterocycles. The van der Waals surface area contributed by atoms with Crippen molar-refractivity contribution in [1.29, 1.82) is 0 Å². The number of hydrogen-bond donors (Lipinski definition) is 2. The minimum atomic E-state index is -0.0456. The van der Waals surface area contributed by atoms with E-state index >= 15 is 0 Å². The van der Waals surface area contributed by atoms with E-state index in [4.69, 9.17) is 0 Å². The van der Waals surface area contributed by atoms with Gasteiger partial charge in [-0.15, -0.1) is 0 Å². The van der Waals surface area contributed by atoms with Crippen molar-refractivity contribution in [3.05, 3.63) is 0 Å². The molecule has 0 aromatic carbocycles. The largest absolute Gasteiger partial charge is 0.354 e. The summed E-state index contributed by atoms with van der Waals surface area (Å²) in [5, 5.41) is 5.44. The van der Waals surface area contributed by atoms with Gasteiger partial charge in [0, 0.05) is 13.0 Å². The van der Waals surface area contributed by atoms with Crippen molar-refractivity contribution in [1.82, 2.24) is 10.6 Å². The topological polar surface area (TPSA) is 58.2 Å². The summed E-state index contributed by atoms with van der Waals surface area (Å²) in [6.07, 6.45) is 2.30. The summed E-state index contributed by atoms with van der Waals surface area (Å²) in [6, 6.07) is -0.0189. The Labute approximate surface area is 81.8 Å². The van der Waals surface area contributed by atoms with E-state index in [-0.39, 0.29) is 23.1 Å². The van der Waals surface area contributed by atoms with Crippen LogP contribution >= 0.6 is 11.8 Å². The van der Waals surface area contributed by atoms with E-state index in [1.54, 1.807) is 0 Å². The lowest BCUT2D eigenvalue weighted by molar-refractivity contribution is -0.121. The van der Waals surface area contributed by atoms with Crippen LogP contribution in [-0.2, 0) is 9.59 Å². The summed E-state index contributed by atoms with van der Waals surface area (Å²) in [7, 11) is 0. The maximum atomic E-state index is 11.4. The average molecular weight is 202 g/mol. The highest BCUT2D eigenvalue weighted by Crippen LogP contribution is 2.06. The molecule has 0 saturated carbocycles. The number of thioether (sulfide) groups is 1. The zero-order valence-corrected chi connectivity index (χ0v) is 8.61. The highest BCUT2D eigenvalue weighted by Gasteiger charge is 2.24. The van der Waals surface area contributed by atoms with Crippen molar-refractivity contribution in [3.8, 4) is 0 Å². The van der Waals surface area contributed by atoms with Crippen LogP contribution in [0.1, 0.15) is 13.3 Å². The third-order valence-corrected chi connectivity index (χ3v) is 2.97. The normalized spacial score (nSPS) is 23.8. The lowest BCUT2D eigenvalue weighted by atomic mass is 10.2. The number of nitrogens with one attached hydrogen (secondary N) is 2. The minimum absolute atomic E-state index is 0.00833. The predicted molar refractivity (Wildman–Crippen MR) is 52.5 cm³/mol. The van der Waals surface area contributed by atoms with Crippen LogP contribution in [0.25, 0.3) is 0 Å².